The summed E-state index contributed by atoms with van der Waals surface area (Å²) < 4.78 is 0. The highest BCUT2D eigenvalue weighted by Crippen LogP contribution is 2.34. The van der Waals surface area contributed by atoms with Crippen LogP contribution in [-0.2, 0) is 17.9 Å². The molecule has 2 aromatic rings. The van der Waals surface area contributed by atoms with E-state index in [0.717, 1.165) is 27.2 Å². The van der Waals surface area contributed by atoms with Gasteiger partial charge in [-0.15, -0.1) is 0 Å². The van der Waals surface area contributed by atoms with Crippen molar-refractivity contribution in [1.29, 1.82) is 0 Å². The van der Waals surface area contributed by atoms with Crippen LogP contribution in [0, 0.1) is 5.41 Å². The molecule has 0 bridgehead atoms. The highest BCUT2D eigenvalue weighted by molar-refractivity contribution is 6.33. The number of aliphatic hydroxyl groups is 1. The lowest BCUT2D eigenvalue weighted by Crippen LogP contribution is -2.36. The summed E-state index contributed by atoms with van der Waals surface area (Å²) in [5.41, 5.74) is 3.82. The Kier molecular flexibility index (Phi) is 5.73. The largest absolute Gasteiger partial charge is 0.396 e. The zero-order valence-electron chi connectivity index (χ0n) is 18.4. The second-order valence-electron chi connectivity index (χ2n) is 9.26. The number of fused-ring (bicyclic) bond motifs is 1. The van der Waals surface area contributed by atoms with Gasteiger partial charge in [0.05, 0.1) is 0 Å². The smallest absolute Gasteiger partial charge is 0.327 e. The Bertz CT molecular complexity index is 1110. The number of halogens is 1. The lowest BCUT2D eigenvalue weighted by atomic mass is 9.94. The number of carbonyl (C=O) groups excluding carboxylic acids is 3. The van der Waals surface area contributed by atoms with Crippen molar-refractivity contribution >= 4 is 29.4 Å². The van der Waals surface area contributed by atoms with E-state index in [0.29, 0.717) is 30.2 Å². The van der Waals surface area contributed by atoms with Gasteiger partial charge in [0, 0.05) is 54.9 Å². The van der Waals surface area contributed by atoms with Crippen LogP contribution < -0.4 is 0 Å². The molecule has 4 amide bonds. The van der Waals surface area contributed by atoms with Crippen LogP contribution in [0.15, 0.2) is 36.4 Å². The lowest BCUT2D eigenvalue weighted by Gasteiger charge is -2.28. The standard InChI is InChI=1S/C24H26ClN3O4/c1-24(2,14-29)13-28-11-17-9-16(5-7-19(17)22(28)31)18-6-4-15(8-20(18)25)10-27-12-21(30)26(3)23(27)32/h4-9,29H,10-14H2,1-3H3. The molecule has 7 nitrogen and oxygen atoms in total. The van der Waals surface area contributed by atoms with E-state index in [1.807, 2.05) is 44.2 Å². The average molecular weight is 456 g/mol. The fourth-order valence-electron chi connectivity index (χ4n) is 4.13. The molecule has 8 heteroatoms. The number of amides is 4. The normalized spacial score (nSPS) is 16.4. The van der Waals surface area contributed by atoms with Crippen molar-refractivity contribution in [3.05, 3.63) is 58.1 Å². The summed E-state index contributed by atoms with van der Waals surface area (Å²) in [7, 11) is 1.48. The van der Waals surface area contributed by atoms with Crippen LogP contribution in [0.3, 0.4) is 0 Å². The minimum atomic E-state index is -0.365. The van der Waals surface area contributed by atoms with E-state index in [1.54, 1.807) is 11.0 Å². The first-order chi connectivity index (χ1) is 15.1. The summed E-state index contributed by atoms with van der Waals surface area (Å²) in [6.45, 7) is 5.22. The maximum Gasteiger partial charge on any atom is 0.327 e. The Morgan fingerprint density at radius 1 is 1.00 bits per heavy atom. The van der Waals surface area contributed by atoms with Gasteiger partial charge in [0.25, 0.3) is 5.91 Å². The number of nitrogens with zero attached hydrogens (tertiary/aromatic N) is 3. The summed E-state index contributed by atoms with van der Waals surface area (Å²) in [5.74, 6) is -0.244. The SMILES string of the molecule is CN1C(=O)CN(Cc2ccc(-c3ccc4c(c3)CN(CC(C)(C)CO)C4=O)c(Cl)c2)C1=O. The minimum Gasteiger partial charge on any atom is -0.396 e. The van der Waals surface area contributed by atoms with Crippen molar-refractivity contribution < 1.29 is 19.5 Å². The Hall–Kier alpha value is -2.90. The molecule has 1 N–H and O–H groups in total. The molecule has 1 saturated heterocycles. The van der Waals surface area contributed by atoms with Gasteiger partial charge in [-0.1, -0.05) is 43.6 Å². The second-order valence-corrected chi connectivity index (χ2v) is 9.67. The molecule has 0 saturated carbocycles. The maximum atomic E-state index is 12.7. The van der Waals surface area contributed by atoms with Gasteiger partial charge in [0.15, 0.2) is 0 Å². The zero-order chi connectivity index (χ0) is 23.2. The van der Waals surface area contributed by atoms with Crippen LogP contribution in [0.2, 0.25) is 5.02 Å². The first-order valence-electron chi connectivity index (χ1n) is 10.5. The van der Waals surface area contributed by atoms with Gasteiger partial charge in [-0.25, -0.2) is 4.79 Å². The number of benzene rings is 2. The molecule has 0 aromatic heterocycles. The molecule has 2 aromatic carbocycles. The number of likely N-dealkylation sites (N-methyl/N-ethyl adjacent to an activating group) is 1. The van der Waals surface area contributed by atoms with E-state index in [-0.39, 0.29) is 36.4 Å². The highest BCUT2D eigenvalue weighted by Gasteiger charge is 2.33. The molecule has 0 unspecified atom stereocenters. The summed E-state index contributed by atoms with van der Waals surface area (Å²) >= 11 is 6.57. The third kappa shape index (κ3) is 4.10. The lowest BCUT2D eigenvalue weighted by molar-refractivity contribution is -0.124. The van der Waals surface area contributed by atoms with Gasteiger partial charge < -0.3 is 14.9 Å². The topological polar surface area (TPSA) is 81.2 Å². The molecular weight excluding hydrogens is 430 g/mol. The van der Waals surface area contributed by atoms with Crippen molar-refractivity contribution in [3.63, 3.8) is 0 Å². The van der Waals surface area contributed by atoms with Crippen molar-refractivity contribution in [3.8, 4) is 11.1 Å². The monoisotopic (exact) mass is 455 g/mol. The molecule has 0 radical (unpaired) electrons. The summed E-state index contributed by atoms with van der Waals surface area (Å²) in [6, 6.07) is 11.0. The van der Waals surface area contributed by atoms with Crippen molar-refractivity contribution in [2.75, 3.05) is 26.7 Å². The molecule has 0 spiro atoms. The van der Waals surface area contributed by atoms with Crippen LogP contribution >= 0.6 is 11.6 Å². The second kappa shape index (κ2) is 8.22. The Morgan fingerprint density at radius 2 is 1.72 bits per heavy atom. The molecular formula is C24H26ClN3O4. The van der Waals surface area contributed by atoms with Crippen LogP contribution in [-0.4, -0.2) is 64.4 Å². The predicted molar refractivity (Wildman–Crippen MR) is 121 cm³/mol. The van der Waals surface area contributed by atoms with Crippen molar-refractivity contribution in [2.45, 2.75) is 26.9 Å². The first-order valence-corrected chi connectivity index (χ1v) is 10.8. The first kappa shape index (κ1) is 22.3. The Morgan fingerprint density at radius 3 is 2.34 bits per heavy atom. The summed E-state index contributed by atoms with van der Waals surface area (Å²) in [5, 5.41) is 10.1. The van der Waals surface area contributed by atoms with Gasteiger partial charge in [-0.2, -0.15) is 0 Å². The maximum absolute atomic E-state index is 12.7. The molecule has 4 rings (SSSR count). The molecule has 1 fully saturated rings. The van der Waals surface area contributed by atoms with Gasteiger partial charge in [-0.05, 0) is 34.9 Å². The van der Waals surface area contributed by atoms with E-state index in [1.165, 1.54) is 11.9 Å². The molecule has 0 atom stereocenters. The van der Waals surface area contributed by atoms with Gasteiger partial charge in [0.2, 0.25) is 5.91 Å². The van der Waals surface area contributed by atoms with Gasteiger partial charge in [0.1, 0.15) is 6.54 Å². The Labute approximate surface area is 192 Å². The van der Waals surface area contributed by atoms with E-state index in [4.69, 9.17) is 11.6 Å². The van der Waals surface area contributed by atoms with E-state index in [2.05, 4.69) is 0 Å². The number of hydrogen-bond acceptors (Lipinski definition) is 4. The number of carbonyl (C=O) groups is 3. The molecule has 2 heterocycles. The van der Waals surface area contributed by atoms with Crippen molar-refractivity contribution in [1.82, 2.24) is 14.7 Å². The predicted octanol–water partition coefficient (Wildman–Crippen LogP) is 3.38. The van der Waals surface area contributed by atoms with Crippen molar-refractivity contribution in [2.24, 2.45) is 5.41 Å². The molecule has 168 valence electrons. The number of aliphatic hydroxyl groups excluding tert-OH is 1. The van der Waals surface area contributed by atoms with Crippen LogP contribution in [0.5, 0.6) is 0 Å². The molecule has 32 heavy (non-hydrogen) atoms. The van der Waals surface area contributed by atoms with Crippen LogP contribution in [0.1, 0.15) is 35.3 Å². The summed E-state index contributed by atoms with van der Waals surface area (Å²) in [6.07, 6.45) is 0. The number of urea groups is 1. The Balaban J connectivity index is 1.53. The zero-order valence-corrected chi connectivity index (χ0v) is 19.1. The molecule has 0 aliphatic carbocycles. The fourth-order valence-corrected chi connectivity index (χ4v) is 4.45. The van der Waals surface area contributed by atoms with E-state index < -0.39 is 0 Å². The van der Waals surface area contributed by atoms with Gasteiger partial charge >= 0.3 is 6.03 Å². The molecule has 2 aliphatic rings. The van der Waals surface area contributed by atoms with Gasteiger partial charge in [-0.3, -0.25) is 14.5 Å². The van der Waals surface area contributed by atoms with E-state index >= 15 is 0 Å². The number of rotatable bonds is 6. The van der Waals surface area contributed by atoms with Crippen LogP contribution in [0.4, 0.5) is 4.79 Å². The fraction of sp³-hybridized carbons (Fsp3) is 0.375. The average Bonchev–Trinajstić information content (AvgIpc) is 3.18. The third-order valence-corrected chi connectivity index (χ3v) is 6.32. The third-order valence-electron chi connectivity index (χ3n) is 6.01. The number of imide groups is 1. The van der Waals surface area contributed by atoms with Crippen LogP contribution in [0.25, 0.3) is 11.1 Å². The quantitative estimate of drug-likeness (QED) is 0.677. The summed E-state index contributed by atoms with van der Waals surface area (Å²) in [4.78, 5) is 40.9. The van der Waals surface area contributed by atoms with E-state index in [9.17, 15) is 19.5 Å². The minimum absolute atomic E-state index is 0.00774. The number of hydrogen-bond donors (Lipinski definition) is 1. The molecule has 2 aliphatic heterocycles. The highest BCUT2D eigenvalue weighted by atomic mass is 35.5.